The van der Waals surface area contributed by atoms with Crippen LogP contribution in [0.3, 0.4) is 0 Å². The van der Waals surface area contributed by atoms with Gasteiger partial charge in [-0.05, 0) is 13.3 Å². The predicted octanol–water partition coefficient (Wildman–Crippen LogP) is 2.79. The number of nitrogens with zero attached hydrogens (tertiary/aromatic N) is 3. The van der Waals surface area contributed by atoms with Crippen LogP contribution in [-0.4, -0.2) is 28.4 Å². The Labute approximate surface area is 100 Å². The van der Waals surface area contributed by atoms with Crippen LogP contribution in [0.4, 0.5) is 5.82 Å². The fraction of sp³-hybridized carbons (Fsp3) is 0.636. The Kier molecular flexibility index (Phi) is 5.61. The van der Waals surface area contributed by atoms with E-state index < -0.39 is 0 Å². The Morgan fingerprint density at radius 1 is 1.33 bits per heavy atom. The summed E-state index contributed by atoms with van der Waals surface area (Å²) in [6.45, 7) is 6.27. The molecule has 0 saturated heterocycles. The smallest absolute Gasteiger partial charge is 0.132 e. The number of hydrogen-bond donors (Lipinski definition) is 0. The first kappa shape index (κ1) is 12.4. The van der Waals surface area contributed by atoms with Gasteiger partial charge in [0.25, 0.3) is 0 Å². The molecule has 0 atom stereocenters. The van der Waals surface area contributed by atoms with Crippen LogP contribution in [0, 0.1) is 6.92 Å². The van der Waals surface area contributed by atoms with Gasteiger partial charge < -0.3 is 4.90 Å². The molecule has 1 aromatic rings. The Morgan fingerprint density at radius 2 is 2.13 bits per heavy atom. The first-order valence-electron chi connectivity index (χ1n) is 5.37. The molecular formula is C11H18BrN3. The summed E-state index contributed by atoms with van der Waals surface area (Å²) in [5, 5.41) is 0.972. The SMILES string of the molecule is CCCCN(CCBr)c1cc(C)ncn1. The van der Waals surface area contributed by atoms with Crippen LogP contribution in [-0.2, 0) is 0 Å². The summed E-state index contributed by atoms with van der Waals surface area (Å²) in [4.78, 5) is 10.7. The third kappa shape index (κ3) is 4.16. The zero-order valence-electron chi connectivity index (χ0n) is 9.41. The maximum atomic E-state index is 4.31. The fourth-order valence-electron chi connectivity index (χ4n) is 1.41. The van der Waals surface area contributed by atoms with E-state index in [2.05, 4.69) is 37.7 Å². The average molecular weight is 272 g/mol. The summed E-state index contributed by atoms with van der Waals surface area (Å²) in [5.41, 5.74) is 1.02. The number of anilines is 1. The third-order valence-electron chi connectivity index (χ3n) is 2.25. The highest BCUT2D eigenvalue weighted by Crippen LogP contribution is 2.11. The molecule has 0 aliphatic rings. The molecule has 0 amide bonds. The number of alkyl halides is 1. The Bertz CT molecular complexity index is 291. The maximum Gasteiger partial charge on any atom is 0.132 e. The van der Waals surface area contributed by atoms with Crippen LogP contribution in [0.15, 0.2) is 12.4 Å². The van der Waals surface area contributed by atoms with Gasteiger partial charge in [0.1, 0.15) is 12.1 Å². The predicted molar refractivity (Wildman–Crippen MR) is 67.7 cm³/mol. The van der Waals surface area contributed by atoms with Gasteiger partial charge in [-0.3, -0.25) is 0 Å². The van der Waals surface area contributed by atoms with Crippen LogP contribution < -0.4 is 4.90 Å². The van der Waals surface area contributed by atoms with Gasteiger partial charge >= 0.3 is 0 Å². The largest absolute Gasteiger partial charge is 0.356 e. The van der Waals surface area contributed by atoms with E-state index in [1.165, 1.54) is 12.8 Å². The quantitative estimate of drug-likeness (QED) is 0.746. The molecular weight excluding hydrogens is 254 g/mol. The molecule has 0 aromatic carbocycles. The molecule has 0 spiro atoms. The highest BCUT2D eigenvalue weighted by Gasteiger charge is 2.06. The molecule has 0 bridgehead atoms. The zero-order valence-corrected chi connectivity index (χ0v) is 11.0. The van der Waals surface area contributed by atoms with Gasteiger partial charge in [0.05, 0.1) is 0 Å². The number of halogens is 1. The number of aryl methyl sites for hydroxylation is 1. The fourth-order valence-corrected chi connectivity index (χ4v) is 1.83. The Balaban J connectivity index is 2.69. The molecule has 0 radical (unpaired) electrons. The third-order valence-corrected chi connectivity index (χ3v) is 2.60. The number of hydrogen-bond acceptors (Lipinski definition) is 3. The van der Waals surface area contributed by atoms with Crippen molar-refractivity contribution in [2.24, 2.45) is 0 Å². The summed E-state index contributed by atoms with van der Waals surface area (Å²) in [6, 6.07) is 2.04. The van der Waals surface area contributed by atoms with Gasteiger partial charge in [-0.25, -0.2) is 9.97 Å². The van der Waals surface area contributed by atoms with Crippen LogP contribution in [0.1, 0.15) is 25.5 Å². The van der Waals surface area contributed by atoms with Crippen LogP contribution in [0.5, 0.6) is 0 Å². The minimum Gasteiger partial charge on any atom is -0.356 e. The molecule has 0 N–H and O–H groups in total. The molecule has 1 heterocycles. The molecule has 0 fully saturated rings. The molecule has 3 nitrogen and oxygen atoms in total. The second kappa shape index (κ2) is 6.77. The van der Waals surface area contributed by atoms with E-state index in [-0.39, 0.29) is 0 Å². The lowest BCUT2D eigenvalue weighted by molar-refractivity contribution is 0.725. The van der Waals surface area contributed by atoms with Gasteiger partial charge in [-0.2, -0.15) is 0 Å². The monoisotopic (exact) mass is 271 g/mol. The number of unbranched alkanes of at least 4 members (excludes halogenated alkanes) is 1. The molecule has 15 heavy (non-hydrogen) atoms. The molecule has 84 valence electrons. The molecule has 1 aromatic heterocycles. The van der Waals surface area contributed by atoms with E-state index in [1.807, 2.05) is 13.0 Å². The van der Waals surface area contributed by atoms with E-state index >= 15 is 0 Å². The van der Waals surface area contributed by atoms with Crippen LogP contribution in [0.2, 0.25) is 0 Å². The lowest BCUT2D eigenvalue weighted by atomic mass is 10.3. The lowest BCUT2D eigenvalue weighted by Gasteiger charge is -2.22. The number of aromatic nitrogens is 2. The van der Waals surface area contributed by atoms with Gasteiger partial charge in [0.2, 0.25) is 0 Å². The second-order valence-electron chi connectivity index (χ2n) is 3.55. The van der Waals surface area contributed by atoms with E-state index in [9.17, 15) is 0 Å². The van der Waals surface area contributed by atoms with Crippen molar-refractivity contribution in [2.75, 3.05) is 23.3 Å². The van der Waals surface area contributed by atoms with Crippen LogP contribution in [0.25, 0.3) is 0 Å². The van der Waals surface area contributed by atoms with Crippen molar-refractivity contribution in [2.45, 2.75) is 26.7 Å². The molecule has 4 heteroatoms. The summed E-state index contributed by atoms with van der Waals surface area (Å²) < 4.78 is 0. The first-order chi connectivity index (χ1) is 7.27. The van der Waals surface area contributed by atoms with Crippen molar-refractivity contribution in [3.63, 3.8) is 0 Å². The highest BCUT2D eigenvalue weighted by molar-refractivity contribution is 9.09. The van der Waals surface area contributed by atoms with Crippen molar-refractivity contribution in [1.82, 2.24) is 9.97 Å². The average Bonchev–Trinajstić information content (AvgIpc) is 2.24. The van der Waals surface area contributed by atoms with Gasteiger partial charge in [0, 0.05) is 30.2 Å². The highest BCUT2D eigenvalue weighted by atomic mass is 79.9. The standard InChI is InChI=1S/C11H18BrN3/c1-3-4-6-15(7-5-12)11-8-10(2)13-9-14-11/h8-9H,3-7H2,1-2H3. The minimum atomic E-state index is 0.972. The first-order valence-corrected chi connectivity index (χ1v) is 6.49. The normalized spacial score (nSPS) is 10.3. The lowest BCUT2D eigenvalue weighted by Crippen LogP contribution is -2.27. The van der Waals surface area contributed by atoms with Crippen molar-refractivity contribution < 1.29 is 0 Å². The van der Waals surface area contributed by atoms with Crippen LogP contribution >= 0.6 is 15.9 Å². The number of rotatable bonds is 6. The second-order valence-corrected chi connectivity index (χ2v) is 4.34. The Hall–Kier alpha value is -0.640. The summed E-state index contributed by atoms with van der Waals surface area (Å²) in [5.74, 6) is 1.04. The Morgan fingerprint density at radius 3 is 2.73 bits per heavy atom. The summed E-state index contributed by atoms with van der Waals surface area (Å²) in [6.07, 6.45) is 4.05. The zero-order chi connectivity index (χ0) is 11.1. The topological polar surface area (TPSA) is 29.0 Å². The van der Waals surface area contributed by atoms with E-state index in [0.717, 1.165) is 29.9 Å². The molecule has 0 aliphatic heterocycles. The van der Waals surface area contributed by atoms with E-state index in [0.29, 0.717) is 0 Å². The van der Waals surface area contributed by atoms with Crippen molar-refractivity contribution in [3.05, 3.63) is 18.1 Å². The van der Waals surface area contributed by atoms with Crippen molar-refractivity contribution in [1.29, 1.82) is 0 Å². The van der Waals surface area contributed by atoms with Crippen molar-refractivity contribution in [3.8, 4) is 0 Å². The molecule has 1 rings (SSSR count). The van der Waals surface area contributed by atoms with Gasteiger partial charge in [-0.1, -0.05) is 29.3 Å². The summed E-state index contributed by atoms with van der Waals surface area (Å²) >= 11 is 3.47. The van der Waals surface area contributed by atoms with Gasteiger partial charge in [-0.15, -0.1) is 0 Å². The minimum absolute atomic E-state index is 0.972. The summed E-state index contributed by atoms with van der Waals surface area (Å²) in [7, 11) is 0. The maximum absolute atomic E-state index is 4.31. The van der Waals surface area contributed by atoms with Gasteiger partial charge in [0.15, 0.2) is 0 Å². The van der Waals surface area contributed by atoms with E-state index in [1.54, 1.807) is 6.33 Å². The van der Waals surface area contributed by atoms with E-state index in [4.69, 9.17) is 0 Å². The molecule has 0 saturated carbocycles. The molecule has 0 unspecified atom stereocenters. The van der Waals surface area contributed by atoms with Crippen molar-refractivity contribution >= 4 is 21.7 Å². The molecule has 0 aliphatic carbocycles.